The normalized spacial score (nSPS) is 13.9. The lowest BCUT2D eigenvalue weighted by Gasteiger charge is -2.30. The van der Waals surface area contributed by atoms with Crippen LogP contribution in [0.1, 0.15) is 33.6 Å². The SMILES string of the molecule is CCC(CC)(CO)CNCC(C)C(N)=O. The molecule has 1 atom stereocenters. The van der Waals surface area contributed by atoms with E-state index in [1.165, 1.54) is 0 Å². The Morgan fingerprint density at radius 1 is 1.47 bits per heavy atom. The van der Waals surface area contributed by atoms with Gasteiger partial charge < -0.3 is 16.2 Å². The number of amides is 1. The molecule has 0 aromatic heterocycles. The smallest absolute Gasteiger partial charge is 0.221 e. The van der Waals surface area contributed by atoms with Gasteiger partial charge in [-0.3, -0.25) is 4.79 Å². The van der Waals surface area contributed by atoms with Gasteiger partial charge in [-0.1, -0.05) is 20.8 Å². The Morgan fingerprint density at radius 3 is 2.33 bits per heavy atom. The zero-order chi connectivity index (χ0) is 11.9. The van der Waals surface area contributed by atoms with Crippen molar-refractivity contribution in [3.05, 3.63) is 0 Å². The summed E-state index contributed by atoms with van der Waals surface area (Å²) in [5, 5.41) is 12.5. The van der Waals surface area contributed by atoms with Gasteiger partial charge in [0, 0.05) is 31.0 Å². The van der Waals surface area contributed by atoms with E-state index < -0.39 is 0 Å². The summed E-state index contributed by atoms with van der Waals surface area (Å²) < 4.78 is 0. The summed E-state index contributed by atoms with van der Waals surface area (Å²) in [5.74, 6) is -0.444. The summed E-state index contributed by atoms with van der Waals surface area (Å²) in [7, 11) is 0. The van der Waals surface area contributed by atoms with Crippen LogP contribution < -0.4 is 11.1 Å². The Bertz CT molecular complexity index is 183. The first-order valence-corrected chi connectivity index (χ1v) is 5.62. The first-order chi connectivity index (χ1) is 7.01. The van der Waals surface area contributed by atoms with E-state index >= 15 is 0 Å². The molecule has 1 amide bonds. The van der Waals surface area contributed by atoms with Crippen molar-refractivity contribution < 1.29 is 9.90 Å². The number of hydrogen-bond donors (Lipinski definition) is 3. The summed E-state index contributed by atoms with van der Waals surface area (Å²) in [5.41, 5.74) is 5.10. The molecule has 4 N–H and O–H groups in total. The third-order valence-electron chi connectivity index (χ3n) is 3.27. The Hall–Kier alpha value is -0.610. The molecule has 0 bridgehead atoms. The molecular weight excluding hydrogens is 192 g/mol. The monoisotopic (exact) mass is 216 g/mol. The second-order valence-corrected chi connectivity index (χ2v) is 4.30. The van der Waals surface area contributed by atoms with Crippen molar-refractivity contribution in [1.82, 2.24) is 5.32 Å². The molecule has 4 nitrogen and oxygen atoms in total. The van der Waals surface area contributed by atoms with Gasteiger partial charge in [-0.05, 0) is 12.8 Å². The van der Waals surface area contributed by atoms with Crippen molar-refractivity contribution in [3.8, 4) is 0 Å². The minimum atomic E-state index is -0.287. The molecule has 0 rings (SSSR count). The van der Waals surface area contributed by atoms with Gasteiger partial charge in [-0.25, -0.2) is 0 Å². The van der Waals surface area contributed by atoms with Gasteiger partial charge in [0.25, 0.3) is 0 Å². The summed E-state index contributed by atoms with van der Waals surface area (Å²) in [6, 6.07) is 0. The van der Waals surface area contributed by atoms with Crippen molar-refractivity contribution >= 4 is 5.91 Å². The number of carbonyl (C=O) groups is 1. The molecule has 15 heavy (non-hydrogen) atoms. The zero-order valence-electron chi connectivity index (χ0n) is 10.0. The second-order valence-electron chi connectivity index (χ2n) is 4.30. The van der Waals surface area contributed by atoms with Gasteiger partial charge in [0.2, 0.25) is 5.91 Å². The summed E-state index contributed by atoms with van der Waals surface area (Å²) in [6.07, 6.45) is 1.86. The third-order valence-corrected chi connectivity index (χ3v) is 3.27. The fraction of sp³-hybridized carbons (Fsp3) is 0.909. The lowest BCUT2D eigenvalue weighted by atomic mass is 9.83. The number of nitrogens with two attached hydrogens (primary N) is 1. The van der Waals surface area contributed by atoms with Gasteiger partial charge >= 0.3 is 0 Å². The summed E-state index contributed by atoms with van der Waals surface area (Å²) >= 11 is 0. The number of nitrogens with one attached hydrogen (secondary N) is 1. The van der Waals surface area contributed by atoms with Crippen LogP contribution in [0.15, 0.2) is 0 Å². The number of aliphatic hydroxyl groups excluding tert-OH is 1. The van der Waals surface area contributed by atoms with E-state index in [-0.39, 0.29) is 23.8 Å². The van der Waals surface area contributed by atoms with Crippen LogP contribution in [0.3, 0.4) is 0 Å². The number of carbonyl (C=O) groups excluding carboxylic acids is 1. The van der Waals surface area contributed by atoms with Crippen LogP contribution in [0, 0.1) is 11.3 Å². The first kappa shape index (κ1) is 14.4. The number of hydrogen-bond acceptors (Lipinski definition) is 3. The Labute approximate surface area is 92.2 Å². The molecular formula is C11H24N2O2. The van der Waals surface area contributed by atoms with Crippen LogP contribution in [0.4, 0.5) is 0 Å². The van der Waals surface area contributed by atoms with Crippen molar-refractivity contribution in [2.45, 2.75) is 33.6 Å². The fourth-order valence-electron chi connectivity index (χ4n) is 1.43. The molecule has 0 spiro atoms. The van der Waals surface area contributed by atoms with E-state index in [9.17, 15) is 9.90 Å². The van der Waals surface area contributed by atoms with Gasteiger partial charge in [0.1, 0.15) is 0 Å². The standard InChI is InChI=1S/C11H24N2O2/c1-4-11(5-2,8-14)7-13-6-9(3)10(12)15/h9,13-14H,4-8H2,1-3H3,(H2,12,15). The lowest BCUT2D eigenvalue weighted by molar-refractivity contribution is -0.121. The highest BCUT2D eigenvalue weighted by Crippen LogP contribution is 2.24. The van der Waals surface area contributed by atoms with Crippen LogP contribution in [0.5, 0.6) is 0 Å². The van der Waals surface area contributed by atoms with E-state index in [2.05, 4.69) is 19.2 Å². The maximum Gasteiger partial charge on any atom is 0.221 e. The highest BCUT2D eigenvalue weighted by atomic mass is 16.3. The molecule has 1 unspecified atom stereocenters. The summed E-state index contributed by atoms with van der Waals surface area (Å²) in [6.45, 7) is 7.43. The quantitative estimate of drug-likeness (QED) is 0.553. The Morgan fingerprint density at radius 2 is 2.00 bits per heavy atom. The average Bonchev–Trinajstić information content (AvgIpc) is 2.24. The molecule has 0 aromatic carbocycles. The van der Waals surface area contributed by atoms with E-state index in [0.29, 0.717) is 6.54 Å². The van der Waals surface area contributed by atoms with E-state index in [4.69, 9.17) is 5.73 Å². The molecule has 4 heteroatoms. The highest BCUT2D eigenvalue weighted by molar-refractivity contribution is 5.76. The molecule has 0 aliphatic heterocycles. The van der Waals surface area contributed by atoms with Gasteiger partial charge in [-0.2, -0.15) is 0 Å². The Balaban J connectivity index is 3.96. The predicted octanol–water partition coefficient (Wildman–Crippen LogP) is 0.496. The molecule has 0 aromatic rings. The van der Waals surface area contributed by atoms with Gasteiger partial charge in [-0.15, -0.1) is 0 Å². The average molecular weight is 216 g/mol. The molecule has 0 saturated carbocycles. The molecule has 90 valence electrons. The van der Waals surface area contributed by atoms with Crippen LogP contribution in [-0.2, 0) is 4.79 Å². The van der Waals surface area contributed by atoms with E-state index in [1.54, 1.807) is 6.92 Å². The molecule has 0 aliphatic rings. The Kier molecular flexibility index (Phi) is 6.52. The third kappa shape index (κ3) is 4.62. The second kappa shape index (κ2) is 6.80. The maximum atomic E-state index is 10.8. The van der Waals surface area contributed by atoms with Crippen molar-refractivity contribution in [1.29, 1.82) is 0 Å². The fourth-order valence-corrected chi connectivity index (χ4v) is 1.43. The zero-order valence-corrected chi connectivity index (χ0v) is 10.0. The number of rotatable bonds is 8. The molecule has 0 fully saturated rings. The minimum absolute atomic E-state index is 0.0582. The number of primary amides is 1. The molecule has 0 radical (unpaired) electrons. The summed E-state index contributed by atoms with van der Waals surface area (Å²) in [4.78, 5) is 10.8. The van der Waals surface area contributed by atoms with Gasteiger partial charge in [0.15, 0.2) is 0 Å². The first-order valence-electron chi connectivity index (χ1n) is 5.62. The highest BCUT2D eigenvalue weighted by Gasteiger charge is 2.24. The largest absolute Gasteiger partial charge is 0.396 e. The van der Waals surface area contributed by atoms with Crippen LogP contribution in [-0.4, -0.2) is 30.7 Å². The van der Waals surface area contributed by atoms with Crippen LogP contribution in [0.2, 0.25) is 0 Å². The molecule has 0 saturated heterocycles. The van der Waals surface area contributed by atoms with E-state index in [1.807, 2.05) is 0 Å². The van der Waals surface area contributed by atoms with Crippen LogP contribution >= 0.6 is 0 Å². The minimum Gasteiger partial charge on any atom is -0.396 e. The molecule has 0 heterocycles. The van der Waals surface area contributed by atoms with Crippen molar-refractivity contribution in [3.63, 3.8) is 0 Å². The van der Waals surface area contributed by atoms with Crippen molar-refractivity contribution in [2.24, 2.45) is 17.1 Å². The number of aliphatic hydroxyl groups is 1. The van der Waals surface area contributed by atoms with Crippen molar-refractivity contribution in [2.75, 3.05) is 19.7 Å². The predicted molar refractivity (Wildman–Crippen MR) is 61.3 cm³/mol. The van der Waals surface area contributed by atoms with Crippen LogP contribution in [0.25, 0.3) is 0 Å². The maximum absolute atomic E-state index is 10.8. The van der Waals surface area contributed by atoms with E-state index in [0.717, 1.165) is 19.4 Å². The topological polar surface area (TPSA) is 75.3 Å². The lowest BCUT2D eigenvalue weighted by Crippen LogP contribution is -2.40. The molecule has 0 aliphatic carbocycles. The van der Waals surface area contributed by atoms with Gasteiger partial charge in [0.05, 0.1) is 0 Å².